The van der Waals surface area contributed by atoms with Crippen LogP contribution in [-0.2, 0) is 6.18 Å². The predicted molar refractivity (Wildman–Crippen MR) is 69.4 cm³/mol. The van der Waals surface area contributed by atoms with Gasteiger partial charge in [0.15, 0.2) is 11.5 Å². The van der Waals surface area contributed by atoms with Crippen molar-refractivity contribution >= 4 is 11.3 Å². The fourth-order valence-electron chi connectivity index (χ4n) is 1.90. The number of nitrogens with two attached hydrogens (primary N) is 1. The van der Waals surface area contributed by atoms with E-state index < -0.39 is 11.9 Å². The predicted octanol–water partition coefficient (Wildman–Crippen LogP) is 2.29. The second-order valence-corrected chi connectivity index (χ2v) is 4.61. The molecule has 2 heterocycles. The van der Waals surface area contributed by atoms with Crippen molar-refractivity contribution in [3.8, 4) is 0 Å². The minimum absolute atomic E-state index is 0.0708. The smallest absolute Gasteiger partial charge is 0.366 e. The zero-order chi connectivity index (χ0) is 14.8. The first-order valence-electron chi connectivity index (χ1n) is 6.30. The summed E-state index contributed by atoms with van der Waals surface area (Å²) >= 11 is 0. The number of alkyl halides is 3. The molecule has 0 bridgehead atoms. The van der Waals surface area contributed by atoms with Crippen LogP contribution in [-0.4, -0.2) is 27.2 Å². The van der Waals surface area contributed by atoms with Gasteiger partial charge in [0.05, 0.1) is 0 Å². The molecule has 0 aliphatic heterocycles. The Balaban J connectivity index is 2.27. The number of fused-ring (bicyclic) bond motifs is 1. The number of hydrogen-bond acceptors (Lipinski definition) is 4. The lowest BCUT2D eigenvalue weighted by molar-refractivity contribution is -0.141. The van der Waals surface area contributed by atoms with E-state index in [9.17, 15) is 13.2 Å². The van der Waals surface area contributed by atoms with Crippen LogP contribution in [0.5, 0.6) is 0 Å². The van der Waals surface area contributed by atoms with Gasteiger partial charge in [-0.2, -0.15) is 18.3 Å². The maximum Gasteiger partial charge on any atom is 0.435 e. The summed E-state index contributed by atoms with van der Waals surface area (Å²) in [4.78, 5) is 4.08. The minimum atomic E-state index is -4.46. The molecule has 0 spiro atoms. The van der Waals surface area contributed by atoms with Gasteiger partial charge in [-0.3, -0.25) is 0 Å². The summed E-state index contributed by atoms with van der Waals surface area (Å²) in [7, 11) is 0. The summed E-state index contributed by atoms with van der Waals surface area (Å²) in [5, 5.41) is 6.60. The third-order valence-electron chi connectivity index (χ3n) is 2.90. The van der Waals surface area contributed by atoms with E-state index in [1.165, 1.54) is 16.9 Å². The van der Waals surface area contributed by atoms with Gasteiger partial charge in [-0.25, -0.2) is 9.50 Å². The summed E-state index contributed by atoms with van der Waals surface area (Å²) in [5.41, 5.74) is 4.81. The third kappa shape index (κ3) is 3.19. The van der Waals surface area contributed by atoms with Crippen LogP contribution >= 0.6 is 0 Å². The van der Waals surface area contributed by atoms with Crippen LogP contribution in [0.25, 0.3) is 5.52 Å². The molecule has 0 radical (unpaired) electrons. The van der Waals surface area contributed by atoms with Crippen molar-refractivity contribution in [2.24, 2.45) is 5.73 Å². The molecule has 0 fully saturated rings. The molecular weight excluding hydrogens is 271 g/mol. The molecule has 0 aromatic carbocycles. The van der Waals surface area contributed by atoms with Gasteiger partial charge in [-0.05, 0) is 26.3 Å². The standard InChI is InChI=1S/C12H16F3N5/c1-8(3-2-4-16)18-11-9-7-10(12(13,14)15)19-20(9)6-5-17-11/h5-8H,2-4,16H2,1H3,(H,17,18). The Labute approximate surface area is 114 Å². The highest BCUT2D eigenvalue weighted by Gasteiger charge is 2.34. The quantitative estimate of drug-likeness (QED) is 0.885. The van der Waals surface area contributed by atoms with Crippen molar-refractivity contribution in [2.75, 3.05) is 11.9 Å². The first kappa shape index (κ1) is 14.6. The lowest BCUT2D eigenvalue weighted by Crippen LogP contribution is -2.18. The molecule has 8 heteroatoms. The summed E-state index contributed by atoms with van der Waals surface area (Å²) in [6.07, 6.45) is -0.00323. The van der Waals surface area contributed by atoms with Gasteiger partial charge in [-0.1, -0.05) is 0 Å². The zero-order valence-corrected chi connectivity index (χ0v) is 11.0. The summed E-state index contributed by atoms with van der Waals surface area (Å²) in [6, 6.07) is 1.06. The van der Waals surface area contributed by atoms with Gasteiger partial charge in [0.1, 0.15) is 5.52 Å². The molecule has 0 aliphatic carbocycles. The van der Waals surface area contributed by atoms with Gasteiger partial charge in [0, 0.05) is 24.5 Å². The molecule has 0 aliphatic rings. The van der Waals surface area contributed by atoms with Gasteiger partial charge in [0.2, 0.25) is 0 Å². The summed E-state index contributed by atoms with van der Waals surface area (Å²) < 4.78 is 39.1. The Morgan fingerprint density at radius 1 is 1.45 bits per heavy atom. The van der Waals surface area contributed by atoms with Gasteiger partial charge >= 0.3 is 6.18 Å². The Morgan fingerprint density at radius 3 is 2.85 bits per heavy atom. The topological polar surface area (TPSA) is 68.2 Å². The normalized spacial score (nSPS) is 13.7. The van der Waals surface area contributed by atoms with Crippen molar-refractivity contribution in [1.82, 2.24) is 14.6 Å². The number of halogens is 3. The van der Waals surface area contributed by atoms with E-state index in [1.54, 1.807) is 0 Å². The Bertz CT molecular complexity index is 578. The lowest BCUT2D eigenvalue weighted by atomic mass is 10.2. The molecule has 2 rings (SSSR count). The van der Waals surface area contributed by atoms with Gasteiger partial charge in [-0.15, -0.1) is 0 Å². The molecule has 2 aromatic rings. The summed E-state index contributed by atoms with van der Waals surface area (Å²) in [5.74, 6) is 0.389. The molecule has 1 atom stereocenters. The number of nitrogens with zero attached hydrogens (tertiary/aromatic N) is 3. The lowest BCUT2D eigenvalue weighted by Gasteiger charge is -2.14. The average molecular weight is 287 g/mol. The molecule has 0 saturated heterocycles. The maximum atomic E-state index is 12.7. The first-order valence-corrected chi connectivity index (χ1v) is 6.30. The highest BCUT2D eigenvalue weighted by atomic mass is 19.4. The molecule has 20 heavy (non-hydrogen) atoms. The van der Waals surface area contributed by atoms with Crippen LogP contribution in [0.15, 0.2) is 18.5 Å². The van der Waals surface area contributed by atoms with E-state index in [0.29, 0.717) is 17.9 Å². The third-order valence-corrected chi connectivity index (χ3v) is 2.90. The average Bonchev–Trinajstić information content (AvgIpc) is 2.81. The zero-order valence-electron chi connectivity index (χ0n) is 11.0. The van der Waals surface area contributed by atoms with E-state index in [2.05, 4.69) is 15.4 Å². The fraction of sp³-hybridized carbons (Fsp3) is 0.500. The van der Waals surface area contributed by atoms with Crippen molar-refractivity contribution < 1.29 is 13.2 Å². The van der Waals surface area contributed by atoms with E-state index in [0.717, 1.165) is 18.9 Å². The number of anilines is 1. The molecule has 3 N–H and O–H groups in total. The van der Waals surface area contributed by atoms with E-state index in [1.807, 2.05) is 6.92 Å². The van der Waals surface area contributed by atoms with Crippen LogP contribution in [0.1, 0.15) is 25.5 Å². The number of nitrogens with one attached hydrogen (secondary N) is 1. The van der Waals surface area contributed by atoms with Gasteiger partial charge in [0.25, 0.3) is 0 Å². The molecule has 110 valence electrons. The van der Waals surface area contributed by atoms with Crippen LogP contribution < -0.4 is 11.1 Å². The Morgan fingerprint density at radius 2 is 2.20 bits per heavy atom. The molecule has 0 amide bonds. The van der Waals surface area contributed by atoms with Crippen LogP contribution in [0.2, 0.25) is 0 Å². The Kier molecular flexibility index (Phi) is 4.12. The highest BCUT2D eigenvalue weighted by Crippen LogP contribution is 2.30. The second kappa shape index (κ2) is 5.66. The van der Waals surface area contributed by atoms with Crippen LogP contribution in [0.4, 0.5) is 19.0 Å². The molecular formula is C12H16F3N5. The number of hydrogen-bond donors (Lipinski definition) is 2. The van der Waals surface area contributed by atoms with Crippen molar-refractivity contribution in [3.05, 3.63) is 24.2 Å². The SMILES string of the molecule is CC(CCCN)Nc1nccn2nc(C(F)(F)F)cc12. The number of rotatable bonds is 5. The van der Waals surface area contributed by atoms with Crippen molar-refractivity contribution in [2.45, 2.75) is 32.0 Å². The van der Waals surface area contributed by atoms with Crippen molar-refractivity contribution in [3.63, 3.8) is 0 Å². The molecule has 1 unspecified atom stereocenters. The largest absolute Gasteiger partial charge is 0.435 e. The maximum absolute atomic E-state index is 12.7. The van der Waals surface area contributed by atoms with E-state index in [-0.39, 0.29) is 6.04 Å². The molecule has 2 aromatic heterocycles. The van der Waals surface area contributed by atoms with E-state index in [4.69, 9.17) is 5.73 Å². The van der Waals surface area contributed by atoms with Crippen LogP contribution in [0, 0.1) is 0 Å². The summed E-state index contributed by atoms with van der Waals surface area (Å²) in [6.45, 7) is 2.51. The van der Waals surface area contributed by atoms with E-state index >= 15 is 0 Å². The van der Waals surface area contributed by atoms with Crippen molar-refractivity contribution in [1.29, 1.82) is 0 Å². The van der Waals surface area contributed by atoms with Crippen LogP contribution in [0.3, 0.4) is 0 Å². The molecule has 5 nitrogen and oxygen atoms in total. The monoisotopic (exact) mass is 287 g/mol. The molecule has 0 saturated carbocycles. The highest BCUT2D eigenvalue weighted by molar-refractivity contribution is 5.68. The number of aromatic nitrogens is 3. The second-order valence-electron chi connectivity index (χ2n) is 4.61. The fourth-order valence-corrected chi connectivity index (χ4v) is 1.90. The minimum Gasteiger partial charge on any atom is -0.366 e. The Hall–Kier alpha value is -1.83. The van der Waals surface area contributed by atoms with Gasteiger partial charge < -0.3 is 11.1 Å². The first-order chi connectivity index (χ1) is 9.41.